The summed E-state index contributed by atoms with van der Waals surface area (Å²) in [6.45, 7) is 7.82. The van der Waals surface area contributed by atoms with E-state index in [1.54, 1.807) is 7.11 Å². The number of nitrogens with one attached hydrogen (secondary N) is 1. The van der Waals surface area contributed by atoms with Crippen LogP contribution in [0.5, 0.6) is 5.75 Å². The van der Waals surface area contributed by atoms with Gasteiger partial charge in [0.05, 0.1) is 7.11 Å². The fraction of sp³-hybridized carbons (Fsp3) is 0.600. The topological polar surface area (TPSA) is 21.3 Å². The molecule has 2 nitrogen and oxygen atoms in total. The molecular formula is C15H25NO. The van der Waals surface area contributed by atoms with Crippen molar-refractivity contribution in [2.75, 3.05) is 13.7 Å². The van der Waals surface area contributed by atoms with Gasteiger partial charge in [0, 0.05) is 6.04 Å². The van der Waals surface area contributed by atoms with E-state index in [0.29, 0.717) is 6.04 Å². The second kappa shape index (κ2) is 7.33. The first-order chi connectivity index (χ1) is 8.17. The first-order valence-electron chi connectivity index (χ1n) is 6.54. The largest absolute Gasteiger partial charge is 0.497 e. The van der Waals surface area contributed by atoms with Crippen molar-refractivity contribution in [3.8, 4) is 5.75 Å². The van der Waals surface area contributed by atoms with E-state index in [1.807, 2.05) is 12.1 Å². The highest BCUT2D eigenvalue weighted by Gasteiger charge is 2.07. The molecule has 0 fully saturated rings. The van der Waals surface area contributed by atoms with Crippen molar-refractivity contribution in [1.29, 1.82) is 0 Å². The molecule has 2 atom stereocenters. The minimum absolute atomic E-state index is 0.379. The molecule has 96 valence electrons. The third-order valence-corrected chi connectivity index (χ3v) is 3.15. The molecule has 0 aromatic heterocycles. The van der Waals surface area contributed by atoms with Gasteiger partial charge in [0.25, 0.3) is 0 Å². The zero-order valence-corrected chi connectivity index (χ0v) is 11.5. The summed E-state index contributed by atoms with van der Waals surface area (Å²) in [6, 6.07) is 8.65. The molecule has 1 rings (SSSR count). The number of hydrogen-bond acceptors (Lipinski definition) is 2. The summed E-state index contributed by atoms with van der Waals surface area (Å²) >= 11 is 0. The van der Waals surface area contributed by atoms with Crippen molar-refractivity contribution in [2.24, 2.45) is 5.92 Å². The summed E-state index contributed by atoms with van der Waals surface area (Å²) in [5.74, 6) is 1.67. The van der Waals surface area contributed by atoms with Crippen LogP contribution in [0.25, 0.3) is 0 Å². The fourth-order valence-electron chi connectivity index (χ4n) is 2.00. The van der Waals surface area contributed by atoms with Crippen LogP contribution in [-0.4, -0.2) is 13.7 Å². The lowest BCUT2D eigenvalue weighted by Gasteiger charge is -2.18. The number of ether oxygens (including phenoxy) is 1. The van der Waals surface area contributed by atoms with E-state index in [-0.39, 0.29) is 0 Å². The van der Waals surface area contributed by atoms with Crippen molar-refractivity contribution in [3.05, 3.63) is 29.8 Å². The van der Waals surface area contributed by atoms with Gasteiger partial charge in [-0.3, -0.25) is 0 Å². The Morgan fingerprint density at radius 3 is 2.71 bits per heavy atom. The molecule has 0 spiro atoms. The molecule has 0 aliphatic rings. The summed E-state index contributed by atoms with van der Waals surface area (Å²) < 4.78 is 5.24. The molecule has 0 amide bonds. The van der Waals surface area contributed by atoms with Crippen molar-refractivity contribution in [1.82, 2.24) is 5.32 Å². The molecule has 0 aliphatic carbocycles. The van der Waals surface area contributed by atoms with Crippen molar-refractivity contribution >= 4 is 0 Å². The van der Waals surface area contributed by atoms with E-state index in [1.165, 1.54) is 18.4 Å². The molecule has 0 aliphatic heterocycles. The average Bonchev–Trinajstić information content (AvgIpc) is 2.36. The quantitative estimate of drug-likeness (QED) is 0.776. The SMILES string of the molecule is CCCC(C)CN[C@H](C)c1cccc(OC)c1. The Morgan fingerprint density at radius 1 is 1.29 bits per heavy atom. The van der Waals surface area contributed by atoms with Gasteiger partial charge in [-0.1, -0.05) is 32.4 Å². The van der Waals surface area contributed by atoms with Crippen LogP contribution in [0.2, 0.25) is 0 Å². The Hall–Kier alpha value is -1.02. The zero-order valence-electron chi connectivity index (χ0n) is 11.5. The zero-order chi connectivity index (χ0) is 12.7. The maximum absolute atomic E-state index is 5.24. The number of hydrogen-bond donors (Lipinski definition) is 1. The third kappa shape index (κ3) is 4.78. The van der Waals surface area contributed by atoms with Crippen LogP contribution >= 0.6 is 0 Å². The summed E-state index contributed by atoms with van der Waals surface area (Å²) in [5, 5.41) is 3.58. The van der Waals surface area contributed by atoms with Gasteiger partial charge in [0.2, 0.25) is 0 Å². The van der Waals surface area contributed by atoms with Gasteiger partial charge in [0.1, 0.15) is 5.75 Å². The maximum Gasteiger partial charge on any atom is 0.119 e. The van der Waals surface area contributed by atoms with E-state index < -0.39 is 0 Å². The van der Waals surface area contributed by atoms with E-state index in [4.69, 9.17) is 4.74 Å². The van der Waals surface area contributed by atoms with Gasteiger partial charge < -0.3 is 10.1 Å². The van der Waals surface area contributed by atoms with Gasteiger partial charge in [-0.2, -0.15) is 0 Å². The molecule has 0 heterocycles. The smallest absolute Gasteiger partial charge is 0.119 e. The normalized spacial score (nSPS) is 14.4. The van der Waals surface area contributed by atoms with Gasteiger partial charge in [-0.05, 0) is 43.5 Å². The number of methoxy groups -OCH3 is 1. The van der Waals surface area contributed by atoms with Crippen LogP contribution in [0.3, 0.4) is 0 Å². The molecule has 1 aromatic carbocycles. The fourth-order valence-corrected chi connectivity index (χ4v) is 2.00. The van der Waals surface area contributed by atoms with Crippen LogP contribution < -0.4 is 10.1 Å². The Bertz CT molecular complexity index is 324. The molecule has 0 saturated carbocycles. The van der Waals surface area contributed by atoms with E-state index in [2.05, 4.69) is 38.2 Å². The highest BCUT2D eigenvalue weighted by molar-refractivity contribution is 5.30. The summed E-state index contributed by atoms with van der Waals surface area (Å²) in [4.78, 5) is 0. The second-order valence-electron chi connectivity index (χ2n) is 4.80. The predicted molar refractivity (Wildman–Crippen MR) is 73.5 cm³/mol. The standard InChI is InChI=1S/C15H25NO/c1-5-7-12(2)11-16-13(3)14-8-6-9-15(10-14)17-4/h6,8-10,12-13,16H,5,7,11H2,1-4H3/t12?,13-/m1/s1. The Kier molecular flexibility index (Phi) is 6.06. The first kappa shape index (κ1) is 14.0. The maximum atomic E-state index is 5.24. The van der Waals surface area contributed by atoms with Crippen LogP contribution in [0.4, 0.5) is 0 Å². The number of benzene rings is 1. The van der Waals surface area contributed by atoms with Crippen LogP contribution in [-0.2, 0) is 0 Å². The summed E-state index contributed by atoms with van der Waals surface area (Å²) in [6.07, 6.45) is 2.55. The molecule has 1 unspecified atom stereocenters. The lowest BCUT2D eigenvalue weighted by Crippen LogP contribution is -2.24. The van der Waals surface area contributed by atoms with Crippen LogP contribution in [0.15, 0.2) is 24.3 Å². The monoisotopic (exact) mass is 235 g/mol. The van der Waals surface area contributed by atoms with Crippen molar-refractivity contribution < 1.29 is 4.74 Å². The van der Waals surface area contributed by atoms with E-state index >= 15 is 0 Å². The van der Waals surface area contributed by atoms with Crippen molar-refractivity contribution in [2.45, 2.75) is 39.7 Å². The molecule has 0 bridgehead atoms. The van der Waals surface area contributed by atoms with Gasteiger partial charge in [-0.15, -0.1) is 0 Å². The average molecular weight is 235 g/mol. The van der Waals surface area contributed by atoms with Crippen molar-refractivity contribution in [3.63, 3.8) is 0 Å². The molecule has 1 N–H and O–H groups in total. The minimum Gasteiger partial charge on any atom is -0.497 e. The highest BCUT2D eigenvalue weighted by Crippen LogP contribution is 2.19. The first-order valence-corrected chi connectivity index (χ1v) is 6.54. The molecule has 0 radical (unpaired) electrons. The minimum atomic E-state index is 0.379. The summed E-state index contributed by atoms with van der Waals surface area (Å²) in [5.41, 5.74) is 1.29. The molecule has 2 heteroatoms. The van der Waals surface area contributed by atoms with E-state index in [0.717, 1.165) is 18.2 Å². The second-order valence-corrected chi connectivity index (χ2v) is 4.80. The lowest BCUT2D eigenvalue weighted by molar-refractivity contribution is 0.411. The Morgan fingerprint density at radius 2 is 2.06 bits per heavy atom. The molecule has 17 heavy (non-hydrogen) atoms. The third-order valence-electron chi connectivity index (χ3n) is 3.15. The van der Waals surface area contributed by atoms with Gasteiger partial charge in [0.15, 0.2) is 0 Å². The van der Waals surface area contributed by atoms with Gasteiger partial charge >= 0.3 is 0 Å². The molecule has 0 saturated heterocycles. The lowest BCUT2D eigenvalue weighted by atomic mass is 10.0. The predicted octanol–water partition coefficient (Wildman–Crippen LogP) is 3.78. The van der Waals surface area contributed by atoms with E-state index in [9.17, 15) is 0 Å². The Balaban J connectivity index is 2.48. The van der Waals surface area contributed by atoms with Gasteiger partial charge in [-0.25, -0.2) is 0 Å². The molecule has 1 aromatic rings. The van der Waals surface area contributed by atoms with Crippen LogP contribution in [0.1, 0.15) is 45.2 Å². The number of rotatable bonds is 7. The Labute approximate surface area is 105 Å². The molecular weight excluding hydrogens is 210 g/mol. The highest BCUT2D eigenvalue weighted by atomic mass is 16.5. The van der Waals surface area contributed by atoms with Crippen LogP contribution in [0, 0.1) is 5.92 Å². The summed E-state index contributed by atoms with van der Waals surface area (Å²) in [7, 11) is 1.71.